The summed E-state index contributed by atoms with van der Waals surface area (Å²) < 4.78 is 0. The van der Waals surface area contributed by atoms with Gasteiger partial charge in [-0.2, -0.15) is 4.98 Å². The minimum Gasteiger partial charge on any atom is -0.365 e. The maximum Gasteiger partial charge on any atom is 0.231 e. The molecule has 12 heteroatoms. The van der Waals surface area contributed by atoms with Crippen LogP contribution in [0.15, 0.2) is 24.3 Å². The van der Waals surface area contributed by atoms with Crippen LogP contribution in [0.4, 0.5) is 17.5 Å². The Morgan fingerprint density at radius 1 is 1.19 bits per heavy atom. The van der Waals surface area contributed by atoms with E-state index in [9.17, 15) is 4.79 Å². The predicted molar refractivity (Wildman–Crippen MR) is 152 cm³/mol. The van der Waals surface area contributed by atoms with Gasteiger partial charge in [-0.15, -0.1) is 0 Å². The molecule has 1 fully saturated rings. The smallest absolute Gasteiger partial charge is 0.231 e. The van der Waals surface area contributed by atoms with Gasteiger partial charge in [0.25, 0.3) is 0 Å². The van der Waals surface area contributed by atoms with E-state index in [0.717, 1.165) is 38.3 Å². The molecule has 36 heavy (non-hydrogen) atoms. The Labute approximate surface area is 228 Å². The number of rotatable bonds is 9. The van der Waals surface area contributed by atoms with Crippen LogP contribution in [0.5, 0.6) is 0 Å². The van der Waals surface area contributed by atoms with Crippen LogP contribution in [0.1, 0.15) is 19.0 Å². The molecule has 2 atom stereocenters. The highest BCUT2D eigenvalue weighted by Gasteiger charge is 2.34. The Balaban J connectivity index is 1.69. The zero-order valence-corrected chi connectivity index (χ0v) is 23.4. The number of likely N-dealkylation sites (N-methyl/N-ethyl adjacent to an activating group) is 2. The molecule has 196 valence electrons. The van der Waals surface area contributed by atoms with Gasteiger partial charge in [0, 0.05) is 37.1 Å². The van der Waals surface area contributed by atoms with Crippen molar-refractivity contribution in [3.63, 3.8) is 0 Å². The molecule has 1 aromatic heterocycles. The van der Waals surface area contributed by atoms with Gasteiger partial charge in [-0.25, -0.2) is 4.98 Å². The van der Waals surface area contributed by atoms with Crippen LogP contribution in [0.25, 0.3) is 0 Å². The van der Waals surface area contributed by atoms with Gasteiger partial charge < -0.3 is 31.1 Å². The van der Waals surface area contributed by atoms with E-state index in [1.807, 2.05) is 27.1 Å². The highest BCUT2D eigenvalue weighted by Crippen LogP contribution is 2.25. The Kier molecular flexibility index (Phi) is 10.5. The number of hydrogen-bond donors (Lipinski definition) is 4. The first-order valence-corrected chi connectivity index (χ1v) is 13.1. The van der Waals surface area contributed by atoms with E-state index in [0.29, 0.717) is 39.2 Å². The lowest BCUT2D eigenvalue weighted by Crippen LogP contribution is -2.53. The number of piperidine rings is 1. The fourth-order valence-electron chi connectivity index (χ4n) is 4.03. The number of halogens is 2. The van der Waals surface area contributed by atoms with Crippen LogP contribution < -0.4 is 21.3 Å². The van der Waals surface area contributed by atoms with Gasteiger partial charge in [0.15, 0.2) is 5.11 Å². The molecule has 1 aromatic carbocycles. The minimum atomic E-state index is -0.154. The molecule has 2 aromatic rings. The summed E-state index contributed by atoms with van der Waals surface area (Å²) in [7, 11) is 3.98. The summed E-state index contributed by atoms with van der Waals surface area (Å²) >= 11 is 17.5. The molecule has 0 bridgehead atoms. The number of aryl methyl sites for hydroxylation is 1. The first-order chi connectivity index (χ1) is 17.1. The molecule has 1 saturated heterocycles. The van der Waals surface area contributed by atoms with Crippen molar-refractivity contribution in [2.75, 3.05) is 62.8 Å². The van der Waals surface area contributed by atoms with Crippen molar-refractivity contribution < 1.29 is 4.79 Å². The Morgan fingerprint density at radius 3 is 2.67 bits per heavy atom. The maximum absolute atomic E-state index is 13.0. The lowest BCUT2D eigenvalue weighted by molar-refractivity contribution is -0.126. The number of nitrogens with one attached hydrogen (secondary N) is 4. The van der Waals surface area contributed by atoms with Crippen LogP contribution in [0.3, 0.4) is 0 Å². The van der Waals surface area contributed by atoms with E-state index < -0.39 is 0 Å². The van der Waals surface area contributed by atoms with Gasteiger partial charge in [-0.3, -0.25) is 4.79 Å². The number of carbonyl (C=O) groups is 1. The quantitative estimate of drug-likeness (QED) is 0.347. The van der Waals surface area contributed by atoms with Crippen LogP contribution in [0, 0.1) is 12.8 Å². The molecular weight excluding hydrogens is 519 g/mol. The first-order valence-electron chi connectivity index (χ1n) is 11.9. The standard InChI is InChI=1S/C24H34Cl2N8OS/c1-5-34-10-8-17(22(35)27-9-11-33(3)4)20(14-34)30-21-12-15(2)28-23(31-21)32-24(36)29-16-6-7-18(25)19(26)13-16/h6-7,12-13,17,20H,5,8-11,14H2,1-4H3,(H,27,35)(H3,28,29,30,31,32,36). The molecule has 1 aliphatic heterocycles. The minimum absolute atomic E-state index is 0.0706. The van der Waals surface area contributed by atoms with Crippen molar-refractivity contribution in [3.8, 4) is 0 Å². The summed E-state index contributed by atoms with van der Waals surface area (Å²) in [6, 6.07) is 6.94. The average molecular weight is 554 g/mol. The fourth-order valence-corrected chi connectivity index (χ4v) is 4.53. The molecule has 0 aliphatic carbocycles. The molecule has 1 amide bonds. The third-order valence-electron chi connectivity index (χ3n) is 5.93. The maximum atomic E-state index is 13.0. The molecule has 0 spiro atoms. The number of carbonyl (C=O) groups excluding carboxylic acids is 1. The largest absolute Gasteiger partial charge is 0.365 e. The summed E-state index contributed by atoms with van der Waals surface area (Å²) in [6.45, 7) is 8.02. The molecule has 9 nitrogen and oxygen atoms in total. The number of amides is 1. The summed E-state index contributed by atoms with van der Waals surface area (Å²) in [5, 5.41) is 13.9. The number of likely N-dealkylation sites (tertiary alicyclic amines) is 1. The molecule has 0 radical (unpaired) electrons. The Bertz CT molecular complexity index is 1070. The van der Waals surface area contributed by atoms with Crippen LogP contribution >= 0.6 is 35.4 Å². The highest BCUT2D eigenvalue weighted by atomic mass is 35.5. The van der Waals surface area contributed by atoms with Crippen molar-refractivity contribution in [1.82, 2.24) is 25.1 Å². The van der Waals surface area contributed by atoms with Crippen molar-refractivity contribution in [2.24, 2.45) is 5.92 Å². The molecule has 2 heterocycles. The van der Waals surface area contributed by atoms with Crippen molar-refractivity contribution in [3.05, 3.63) is 40.0 Å². The van der Waals surface area contributed by atoms with Crippen molar-refractivity contribution in [1.29, 1.82) is 0 Å². The third-order valence-corrected chi connectivity index (χ3v) is 6.87. The van der Waals surface area contributed by atoms with E-state index in [4.69, 9.17) is 35.4 Å². The SMILES string of the molecule is CCN1CCC(C(=O)NCCN(C)C)C(Nc2cc(C)nc(NC(=S)Nc3ccc(Cl)c(Cl)c3)n2)C1. The molecule has 0 saturated carbocycles. The monoisotopic (exact) mass is 552 g/mol. The number of benzene rings is 1. The van der Waals surface area contributed by atoms with Crippen LogP contribution in [0.2, 0.25) is 10.0 Å². The summed E-state index contributed by atoms with van der Waals surface area (Å²) in [6.07, 6.45) is 0.784. The first kappa shape index (κ1) is 28.3. The zero-order chi connectivity index (χ0) is 26.2. The van der Waals surface area contributed by atoms with Gasteiger partial charge in [0.1, 0.15) is 5.82 Å². The molecule has 3 rings (SSSR count). The predicted octanol–water partition coefficient (Wildman–Crippen LogP) is 3.70. The second kappa shape index (κ2) is 13.3. The Hall–Kier alpha value is -2.24. The lowest BCUT2D eigenvalue weighted by atomic mass is 9.90. The average Bonchev–Trinajstić information content (AvgIpc) is 2.80. The van der Waals surface area contributed by atoms with Crippen LogP contribution in [-0.4, -0.2) is 83.6 Å². The zero-order valence-electron chi connectivity index (χ0n) is 21.1. The van der Waals surface area contributed by atoms with Crippen molar-refractivity contribution in [2.45, 2.75) is 26.3 Å². The summed E-state index contributed by atoms with van der Waals surface area (Å²) in [5.74, 6) is 0.904. The summed E-state index contributed by atoms with van der Waals surface area (Å²) in [5.41, 5.74) is 1.46. The van der Waals surface area contributed by atoms with E-state index in [1.165, 1.54) is 0 Å². The second-order valence-electron chi connectivity index (χ2n) is 9.06. The van der Waals surface area contributed by atoms with Crippen molar-refractivity contribution >= 4 is 63.9 Å². The van der Waals surface area contributed by atoms with E-state index in [-0.39, 0.29) is 17.9 Å². The topological polar surface area (TPSA) is 97.5 Å². The normalized spacial score (nSPS) is 18.1. The number of anilines is 3. The number of thiocarbonyl (C=S) groups is 1. The van der Waals surface area contributed by atoms with Crippen LogP contribution in [-0.2, 0) is 4.79 Å². The van der Waals surface area contributed by atoms with Gasteiger partial charge >= 0.3 is 0 Å². The van der Waals surface area contributed by atoms with Gasteiger partial charge in [-0.1, -0.05) is 30.1 Å². The Morgan fingerprint density at radius 2 is 1.97 bits per heavy atom. The molecular formula is C24H34Cl2N8OS. The number of nitrogens with zero attached hydrogens (tertiary/aromatic N) is 4. The van der Waals surface area contributed by atoms with Gasteiger partial charge in [0.05, 0.1) is 22.0 Å². The molecule has 1 aliphatic rings. The summed E-state index contributed by atoms with van der Waals surface area (Å²) in [4.78, 5) is 26.4. The lowest BCUT2D eigenvalue weighted by Gasteiger charge is -2.38. The van der Waals surface area contributed by atoms with Gasteiger partial charge in [0.2, 0.25) is 11.9 Å². The van der Waals surface area contributed by atoms with E-state index in [2.05, 4.69) is 48.0 Å². The van der Waals surface area contributed by atoms with Gasteiger partial charge in [-0.05, 0) is 70.9 Å². The second-order valence-corrected chi connectivity index (χ2v) is 10.3. The number of aromatic nitrogens is 2. The van der Waals surface area contributed by atoms with E-state index >= 15 is 0 Å². The third kappa shape index (κ3) is 8.41. The number of hydrogen-bond acceptors (Lipinski definition) is 7. The molecule has 2 unspecified atom stereocenters. The van der Waals surface area contributed by atoms with E-state index in [1.54, 1.807) is 18.2 Å². The fraction of sp³-hybridized carbons (Fsp3) is 0.500. The highest BCUT2D eigenvalue weighted by molar-refractivity contribution is 7.80. The molecule has 4 N–H and O–H groups in total.